The molecule has 4 heterocycles. The number of carbonyl (C=O) groups excluding carboxylic acids is 1. The van der Waals surface area contributed by atoms with Crippen LogP contribution in [0.15, 0.2) is 21.2 Å². The molecule has 2 aromatic rings. The summed E-state index contributed by atoms with van der Waals surface area (Å²) in [5.74, 6) is 1.51. The molecule has 25 heavy (non-hydrogen) atoms. The maximum atomic E-state index is 12.7. The molecule has 6 nitrogen and oxygen atoms in total. The second-order valence-electron chi connectivity index (χ2n) is 6.78. The zero-order valence-corrected chi connectivity index (χ0v) is 15.3. The molecule has 134 valence electrons. The van der Waals surface area contributed by atoms with Gasteiger partial charge >= 0.3 is 0 Å². The number of hydrogen-bond donors (Lipinski definition) is 1. The molecule has 4 rings (SSSR count). The number of nitrogens with one attached hydrogen (secondary N) is 1. The van der Waals surface area contributed by atoms with Crippen molar-refractivity contribution < 1.29 is 9.21 Å². The zero-order chi connectivity index (χ0) is 17.2. The van der Waals surface area contributed by atoms with Crippen molar-refractivity contribution >= 4 is 17.2 Å². The highest BCUT2D eigenvalue weighted by Crippen LogP contribution is 2.25. The van der Waals surface area contributed by atoms with E-state index in [1.807, 2.05) is 28.7 Å². The van der Waals surface area contributed by atoms with Crippen molar-refractivity contribution in [3.63, 3.8) is 0 Å². The standard InChI is InChI=1S/C18H24N4O2S/c1-13-16(20-18(24-13)14-3-9-25-12-14)10-17(23)22-6-2-15(11-22)21-7-4-19-5-8-21/h3,9,12,15,19H,2,4-8,10-11H2,1H3. The summed E-state index contributed by atoms with van der Waals surface area (Å²) in [5, 5.41) is 7.39. The molecule has 0 aromatic carbocycles. The van der Waals surface area contributed by atoms with E-state index in [4.69, 9.17) is 4.42 Å². The van der Waals surface area contributed by atoms with E-state index in [0.29, 0.717) is 18.4 Å². The van der Waals surface area contributed by atoms with Crippen molar-refractivity contribution in [1.82, 2.24) is 20.1 Å². The van der Waals surface area contributed by atoms with E-state index >= 15 is 0 Å². The van der Waals surface area contributed by atoms with Crippen LogP contribution < -0.4 is 5.32 Å². The Morgan fingerprint density at radius 2 is 2.24 bits per heavy atom. The van der Waals surface area contributed by atoms with Gasteiger partial charge in [0.2, 0.25) is 11.8 Å². The molecule has 2 aliphatic heterocycles. The molecule has 1 atom stereocenters. The topological polar surface area (TPSA) is 61.6 Å². The third kappa shape index (κ3) is 3.63. The normalized spacial score (nSPS) is 21.8. The average Bonchev–Trinajstić information content (AvgIpc) is 3.37. The molecule has 2 fully saturated rings. The molecule has 0 spiro atoms. The van der Waals surface area contributed by atoms with E-state index in [-0.39, 0.29) is 5.91 Å². The van der Waals surface area contributed by atoms with Gasteiger partial charge in [-0.3, -0.25) is 9.69 Å². The third-order valence-electron chi connectivity index (χ3n) is 5.16. The van der Waals surface area contributed by atoms with Crippen LogP contribution in [0.1, 0.15) is 17.9 Å². The van der Waals surface area contributed by atoms with Crippen LogP contribution in [0, 0.1) is 6.92 Å². The zero-order valence-electron chi connectivity index (χ0n) is 14.5. The van der Waals surface area contributed by atoms with Gasteiger partial charge in [0, 0.05) is 56.3 Å². The molecule has 0 bridgehead atoms. The lowest BCUT2D eigenvalue weighted by atomic mass is 10.2. The number of carbonyl (C=O) groups is 1. The lowest BCUT2D eigenvalue weighted by molar-refractivity contribution is -0.129. The summed E-state index contributed by atoms with van der Waals surface area (Å²) in [7, 11) is 0. The fourth-order valence-electron chi connectivity index (χ4n) is 3.67. The molecule has 1 amide bonds. The quantitative estimate of drug-likeness (QED) is 0.900. The van der Waals surface area contributed by atoms with Crippen molar-refractivity contribution in [2.45, 2.75) is 25.8 Å². The van der Waals surface area contributed by atoms with Gasteiger partial charge in [-0.15, -0.1) is 0 Å². The fraction of sp³-hybridized carbons (Fsp3) is 0.556. The van der Waals surface area contributed by atoms with E-state index in [0.717, 1.165) is 62.7 Å². The molecule has 1 N–H and O–H groups in total. The Morgan fingerprint density at radius 3 is 3.00 bits per heavy atom. The number of aromatic nitrogens is 1. The summed E-state index contributed by atoms with van der Waals surface area (Å²) in [6.45, 7) is 7.84. The highest BCUT2D eigenvalue weighted by Gasteiger charge is 2.31. The van der Waals surface area contributed by atoms with Gasteiger partial charge in [-0.05, 0) is 24.8 Å². The molecule has 0 saturated carbocycles. The van der Waals surface area contributed by atoms with Crippen molar-refractivity contribution in [2.24, 2.45) is 0 Å². The smallest absolute Gasteiger partial charge is 0.228 e. The second-order valence-corrected chi connectivity index (χ2v) is 7.56. The van der Waals surface area contributed by atoms with Gasteiger partial charge in [-0.2, -0.15) is 11.3 Å². The van der Waals surface area contributed by atoms with Gasteiger partial charge < -0.3 is 14.6 Å². The molecule has 2 aromatic heterocycles. The van der Waals surface area contributed by atoms with E-state index < -0.39 is 0 Å². The van der Waals surface area contributed by atoms with Gasteiger partial charge in [0.15, 0.2) is 0 Å². The van der Waals surface area contributed by atoms with Crippen molar-refractivity contribution in [2.75, 3.05) is 39.3 Å². The number of nitrogens with zero attached hydrogens (tertiary/aromatic N) is 3. The van der Waals surface area contributed by atoms with Crippen molar-refractivity contribution in [1.29, 1.82) is 0 Å². The average molecular weight is 360 g/mol. The van der Waals surface area contributed by atoms with Crippen molar-refractivity contribution in [3.05, 3.63) is 28.3 Å². The molecule has 0 aliphatic carbocycles. The van der Waals surface area contributed by atoms with Crippen LogP contribution in [0.3, 0.4) is 0 Å². The molecule has 7 heteroatoms. The summed E-state index contributed by atoms with van der Waals surface area (Å²) >= 11 is 1.61. The number of likely N-dealkylation sites (tertiary alicyclic amines) is 1. The Bertz CT molecular complexity index is 722. The number of thiophene rings is 1. The van der Waals surface area contributed by atoms with E-state index in [1.54, 1.807) is 11.3 Å². The number of amides is 1. The molecule has 2 aliphatic rings. The largest absolute Gasteiger partial charge is 0.441 e. The second kappa shape index (κ2) is 7.27. The van der Waals surface area contributed by atoms with Crippen LogP contribution in [-0.2, 0) is 11.2 Å². The van der Waals surface area contributed by atoms with Crippen LogP contribution in [0.25, 0.3) is 11.5 Å². The Labute approximate surface area is 151 Å². The first-order chi connectivity index (χ1) is 12.2. The highest BCUT2D eigenvalue weighted by atomic mass is 32.1. The molecular weight excluding hydrogens is 336 g/mol. The minimum absolute atomic E-state index is 0.158. The lowest BCUT2D eigenvalue weighted by Gasteiger charge is -2.32. The Morgan fingerprint density at radius 1 is 1.40 bits per heavy atom. The van der Waals surface area contributed by atoms with Crippen molar-refractivity contribution in [3.8, 4) is 11.5 Å². The van der Waals surface area contributed by atoms with Crippen LogP contribution in [0.4, 0.5) is 0 Å². The van der Waals surface area contributed by atoms with Gasteiger partial charge in [-0.1, -0.05) is 0 Å². The van der Waals surface area contributed by atoms with Gasteiger partial charge in [-0.25, -0.2) is 4.98 Å². The Kier molecular flexibility index (Phi) is 4.87. The summed E-state index contributed by atoms with van der Waals surface area (Å²) in [6.07, 6.45) is 1.40. The molecule has 2 saturated heterocycles. The van der Waals surface area contributed by atoms with E-state index in [9.17, 15) is 4.79 Å². The minimum Gasteiger partial charge on any atom is -0.441 e. The predicted octanol–water partition coefficient (Wildman–Crippen LogP) is 1.76. The summed E-state index contributed by atoms with van der Waals surface area (Å²) in [5.41, 5.74) is 1.74. The number of oxazole rings is 1. The first-order valence-electron chi connectivity index (χ1n) is 8.92. The predicted molar refractivity (Wildman–Crippen MR) is 97.7 cm³/mol. The fourth-order valence-corrected chi connectivity index (χ4v) is 4.30. The van der Waals surface area contributed by atoms with Gasteiger partial charge in [0.25, 0.3) is 0 Å². The molecule has 1 unspecified atom stereocenters. The minimum atomic E-state index is 0.158. The van der Waals surface area contributed by atoms with Crippen LogP contribution in [0.5, 0.6) is 0 Å². The summed E-state index contributed by atoms with van der Waals surface area (Å²) in [4.78, 5) is 21.8. The summed E-state index contributed by atoms with van der Waals surface area (Å²) < 4.78 is 5.75. The van der Waals surface area contributed by atoms with Gasteiger partial charge in [0.05, 0.1) is 12.1 Å². The number of hydrogen-bond acceptors (Lipinski definition) is 6. The Balaban J connectivity index is 1.38. The lowest BCUT2D eigenvalue weighted by Crippen LogP contribution is -2.49. The van der Waals surface area contributed by atoms with E-state index in [1.165, 1.54) is 0 Å². The van der Waals surface area contributed by atoms with Crippen LogP contribution in [0.2, 0.25) is 0 Å². The molecule has 0 radical (unpaired) electrons. The van der Waals surface area contributed by atoms with Crippen LogP contribution in [-0.4, -0.2) is 66.0 Å². The SMILES string of the molecule is Cc1oc(-c2ccsc2)nc1CC(=O)N1CCC(N2CCNCC2)C1. The van der Waals surface area contributed by atoms with E-state index in [2.05, 4.69) is 15.2 Å². The van der Waals surface area contributed by atoms with Crippen LogP contribution >= 0.6 is 11.3 Å². The van der Waals surface area contributed by atoms with Gasteiger partial charge in [0.1, 0.15) is 5.76 Å². The first-order valence-corrected chi connectivity index (χ1v) is 9.86. The Hall–Kier alpha value is -1.70. The number of aryl methyl sites for hydroxylation is 1. The number of piperazine rings is 1. The maximum absolute atomic E-state index is 12.7. The maximum Gasteiger partial charge on any atom is 0.228 e. The highest BCUT2D eigenvalue weighted by molar-refractivity contribution is 7.08. The molecular formula is C18H24N4O2S. The third-order valence-corrected chi connectivity index (χ3v) is 5.85. The monoisotopic (exact) mass is 360 g/mol. The first kappa shape index (κ1) is 16.8. The number of rotatable bonds is 4. The summed E-state index contributed by atoms with van der Waals surface area (Å²) in [6, 6.07) is 2.49.